The second kappa shape index (κ2) is 8.56. The van der Waals surface area contributed by atoms with Gasteiger partial charge in [0.1, 0.15) is 11.3 Å². The molecule has 0 N–H and O–H groups in total. The van der Waals surface area contributed by atoms with Crippen LogP contribution in [0.2, 0.25) is 0 Å². The van der Waals surface area contributed by atoms with Crippen molar-refractivity contribution in [1.82, 2.24) is 15.1 Å². The lowest BCUT2D eigenvalue weighted by Crippen LogP contribution is -2.40. The molecule has 0 radical (unpaired) electrons. The van der Waals surface area contributed by atoms with Gasteiger partial charge in [-0.15, -0.1) is 0 Å². The summed E-state index contributed by atoms with van der Waals surface area (Å²) in [5, 5.41) is 3.86. The Balaban J connectivity index is 1.23. The SMILES string of the molecule is FC(F)(F)c1cnccc1OC1CCC(OC2CCN(c3ncon3)CC2)CC1. The summed E-state index contributed by atoms with van der Waals surface area (Å²) in [7, 11) is 0. The number of anilines is 1. The predicted molar refractivity (Wildman–Crippen MR) is 96.5 cm³/mol. The zero-order chi connectivity index (χ0) is 20.3. The second-order valence-corrected chi connectivity index (χ2v) is 7.44. The van der Waals surface area contributed by atoms with Gasteiger partial charge >= 0.3 is 6.18 Å². The summed E-state index contributed by atoms with van der Waals surface area (Å²) in [6.45, 7) is 1.62. The van der Waals surface area contributed by atoms with Gasteiger partial charge in [-0.2, -0.15) is 18.2 Å². The van der Waals surface area contributed by atoms with E-state index in [1.54, 1.807) is 0 Å². The number of hydrogen-bond acceptors (Lipinski definition) is 7. The van der Waals surface area contributed by atoms with Crippen molar-refractivity contribution in [1.29, 1.82) is 0 Å². The Morgan fingerprint density at radius 1 is 1.00 bits per heavy atom. The molecule has 2 aromatic rings. The lowest BCUT2D eigenvalue weighted by Gasteiger charge is -2.35. The zero-order valence-corrected chi connectivity index (χ0v) is 15.8. The van der Waals surface area contributed by atoms with E-state index in [-0.39, 0.29) is 24.1 Å². The number of aromatic nitrogens is 3. The first-order valence-electron chi connectivity index (χ1n) is 9.83. The summed E-state index contributed by atoms with van der Waals surface area (Å²) in [5.74, 6) is 0.459. The molecule has 2 aliphatic rings. The summed E-state index contributed by atoms with van der Waals surface area (Å²) < 4.78 is 55.9. The van der Waals surface area contributed by atoms with Crippen LogP contribution in [0.25, 0.3) is 0 Å². The van der Waals surface area contributed by atoms with Gasteiger partial charge in [0.25, 0.3) is 5.95 Å². The molecule has 10 heteroatoms. The minimum absolute atomic E-state index is 0.121. The van der Waals surface area contributed by atoms with E-state index in [2.05, 4.69) is 20.0 Å². The van der Waals surface area contributed by atoms with Crippen molar-refractivity contribution in [2.75, 3.05) is 18.0 Å². The molecule has 0 spiro atoms. The van der Waals surface area contributed by atoms with E-state index in [9.17, 15) is 13.2 Å². The van der Waals surface area contributed by atoms with Crippen LogP contribution < -0.4 is 9.64 Å². The highest BCUT2D eigenvalue weighted by molar-refractivity contribution is 5.32. The maximum Gasteiger partial charge on any atom is 0.421 e. The molecule has 1 saturated carbocycles. The Morgan fingerprint density at radius 2 is 1.69 bits per heavy atom. The molecule has 0 atom stereocenters. The lowest BCUT2D eigenvalue weighted by atomic mass is 9.94. The first-order valence-corrected chi connectivity index (χ1v) is 9.83. The Kier molecular flexibility index (Phi) is 5.89. The molecule has 7 nitrogen and oxygen atoms in total. The quantitative estimate of drug-likeness (QED) is 0.738. The number of hydrogen-bond donors (Lipinski definition) is 0. The zero-order valence-electron chi connectivity index (χ0n) is 15.8. The third-order valence-corrected chi connectivity index (χ3v) is 5.46. The van der Waals surface area contributed by atoms with Gasteiger partial charge in [0.05, 0.1) is 18.3 Å². The molecule has 158 valence electrons. The molecular formula is C19H23F3N4O3. The fourth-order valence-corrected chi connectivity index (χ4v) is 3.93. The smallest absolute Gasteiger partial charge is 0.421 e. The fourth-order valence-electron chi connectivity index (χ4n) is 3.93. The van der Waals surface area contributed by atoms with Crippen LogP contribution in [0.15, 0.2) is 29.4 Å². The minimum atomic E-state index is -4.47. The monoisotopic (exact) mass is 412 g/mol. The van der Waals surface area contributed by atoms with Crippen LogP contribution in [-0.4, -0.2) is 46.5 Å². The normalized spacial score (nSPS) is 23.9. The van der Waals surface area contributed by atoms with Gasteiger partial charge in [-0.25, -0.2) is 0 Å². The van der Waals surface area contributed by atoms with Crippen molar-refractivity contribution >= 4 is 5.95 Å². The van der Waals surface area contributed by atoms with Gasteiger partial charge in [0.15, 0.2) is 0 Å². The van der Waals surface area contributed by atoms with Crippen LogP contribution in [0.3, 0.4) is 0 Å². The van der Waals surface area contributed by atoms with Crippen molar-refractivity contribution in [3.05, 3.63) is 30.4 Å². The Bertz CT molecular complexity index is 771. The average Bonchev–Trinajstić information content (AvgIpc) is 3.25. The van der Waals surface area contributed by atoms with Crippen LogP contribution in [-0.2, 0) is 10.9 Å². The molecule has 2 aromatic heterocycles. The van der Waals surface area contributed by atoms with Gasteiger partial charge in [0, 0.05) is 25.5 Å². The van der Waals surface area contributed by atoms with Crippen molar-refractivity contribution in [3.63, 3.8) is 0 Å². The molecule has 1 aliphatic carbocycles. The van der Waals surface area contributed by atoms with E-state index >= 15 is 0 Å². The first-order chi connectivity index (χ1) is 14.0. The first kappa shape index (κ1) is 19.9. The highest BCUT2D eigenvalue weighted by atomic mass is 19.4. The number of pyridine rings is 1. The van der Waals surface area contributed by atoms with Crippen molar-refractivity contribution < 1.29 is 27.2 Å². The van der Waals surface area contributed by atoms with Crippen LogP contribution in [0.5, 0.6) is 5.75 Å². The van der Waals surface area contributed by atoms with E-state index in [4.69, 9.17) is 14.0 Å². The number of piperidine rings is 1. The van der Waals surface area contributed by atoms with Gasteiger partial charge in [-0.1, -0.05) is 0 Å². The maximum atomic E-state index is 13.1. The molecule has 4 rings (SSSR count). The number of nitrogens with zero attached hydrogens (tertiary/aromatic N) is 4. The number of rotatable bonds is 5. The Hall–Kier alpha value is -2.36. The number of ether oxygens (including phenoxy) is 2. The van der Waals surface area contributed by atoms with Crippen molar-refractivity contribution in [2.24, 2.45) is 0 Å². The second-order valence-electron chi connectivity index (χ2n) is 7.44. The van der Waals surface area contributed by atoms with Crippen LogP contribution in [0, 0.1) is 0 Å². The lowest BCUT2D eigenvalue weighted by molar-refractivity contribution is -0.139. The molecule has 3 heterocycles. The van der Waals surface area contributed by atoms with Crippen LogP contribution in [0.4, 0.5) is 19.1 Å². The molecule has 29 heavy (non-hydrogen) atoms. The molecule has 0 unspecified atom stereocenters. The van der Waals surface area contributed by atoms with E-state index in [1.807, 2.05) is 0 Å². The van der Waals surface area contributed by atoms with Gasteiger partial charge in [-0.05, 0) is 49.7 Å². The third kappa shape index (κ3) is 4.98. The number of alkyl halides is 3. The Morgan fingerprint density at radius 3 is 2.34 bits per heavy atom. The predicted octanol–water partition coefficient (Wildman–Crippen LogP) is 3.86. The van der Waals surface area contributed by atoms with Gasteiger partial charge in [0.2, 0.25) is 6.39 Å². The maximum absolute atomic E-state index is 13.1. The molecule has 0 bridgehead atoms. The Labute approximate surface area is 166 Å². The molecule has 0 aromatic carbocycles. The molecule has 2 fully saturated rings. The highest BCUT2D eigenvalue weighted by Gasteiger charge is 2.36. The molecular weight excluding hydrogens is 389 g/mol. The van der Waals surface area contributed by atoms with E-state index in [0.29, 0.717) is 18.8 Å². The van der Waals surface area contributed by atoms with E-state index in [0.717, 1.165) is 45.0 Å². The summed E-state index contributed by atoms with van der Waals surface area (Å²) in [6.07, 6.45) is 3.72. The fraction of sp³-hybridized carbons (Fsp3) is 0.632. The van der Waals surface area contributed by atoms with Crippen molar-refractivity contribution in [3.8, 4) is 5.75 Å². The largest absolute Gasteiger partial charge is 0.490 e. The molecule has 1 saturated heterocycles. The third-order valence-electron chi connectivity index (χ3n) is 5.46. The topological polar surface area (TPSA) is 73.5 Å². The average molecular weight is 412 g/mol. The van der Waals surface area contributed by atoms with Crippen molar-refractivity contribution in [2.45, 2.75) is 63.0 Å². The molecule has 0 amide bonds. The summed E-state index contributed by atoms with van der Waals surface area (Å²) in [4.78, 5) is 9.70. The number of halogens is 3. The van der Waals surface area contributed by atoms with Gasteiger partial charge < -0.3 is 18.9 Å². The summed E-state index contributed by atoms with van der Waals surface area (Å²) in [5.41, 5.74) is -0.827. The molecule has 1 aliphatic heterocycles. The van der Waals surface area contributed by atoms with Crippen LogP contribution in [0.1, 0.15) is 44.1 Å². The minimum Gasteiger partial charge on any atom is -0.490 e. The van der Waals surface area contributed by atoms with E-state index in [1.165, 1.54) is 18.7 Å². The summed E-state index contributed by atoms with van der Waals surface area (Å²) in [6, 6.07) is 1.28. The van der Waals surface area contributed by atoms with Gasteiger partial charge in [-0.3, -0.25) is 4.98 Å². The highest BCUT2D eigenvalue weighted by Crippen LogP contribution is 2.37. The van der Waals surface area contributed by atoms with E-state index < -0.39 is 11.7 Å². The summed E-state index contributed by atoms with van der Waals surface area (Å²) >= 11 is 0. The standard InChI is InChI=1S/C19H23F3N4O3/c20-19(21,22)16-11-23-8-5-17(16)29-14-3-1-13(2-4-14)28-15-6-9-26(10-7-15)18-24-12-27-25-18/h5,8,11-15H,1-4,6-7,9-10H2. The van der Waals surface area contributed by atoms with Crippen LogP contribution >= 0.6 is 0 Å².